The van der Waals surface area contributed by atoms with Crippen molar-refractivity contribution < 1.29 is 0 Å². The quantitative estimate of drug-likeness (QED) is 0.519. The van der Waals surface area contributed by atoms with Crippen LogP contribution in [0.15, 0.2) is 48.8 Å². The Bertz CT molecular complexity index is 1200. The number of anilines is 2. The molecule has 1 aromatic carbocycles. The molecule has 6 nitrogen and oxygen atoms in total. The van der Waals surface area contributed by atoms with Crippen molar-refractivity contribution in [1.29, 1.82) is 5.26 Å². The first-order chi connectivity index (χ1) is 14.0. The zero-order valence-corrected chi connectivity index (χ0v) is 17.3. The SMILES string of the molecule is CC(C)(C)c1nc(Nc2nnc(Cc3ccncc3)c3ccccc23)sc1C#N. The van der Waals surface area contributed by atoms with Crippen LogP contribution in [-0.2, 0) is 11.8 Å². The standard InChI is InChI=1S/C22H20N6S/c1-22(2,3)19-18(13-23)29-21(25-19)26-20-16-7-5-4-6-15(16)17(27-28-20)12-14-8-10-24-11-9-14/h4-11H,12H2,1-3H3,(H,25,26,28). The van der Waals surface area contributed by atoms with Gasteiger partial charge in [-0.25, -0.2) is 4.98 Å². The highest BCUT2D eigenvalue weighted by Gasteiger charge is 2.24. The molecule has 0 saturated heterocycles. The van der Waals surface area contributed by atoms with Crippen molar-refractivity contribution in [3.63, 3.8) is 0 Å². The van der Waals surface area contributed by atoms with E-state index in [0.29, 0.717) is 22.2 Å². The van der Waals surface area contributed by atoms with E-state index in [9.17, 15) is 5.26 Å². The third-order valence-electron chi connectivity index (χ3n) is 4.55. The van der Waals surface area contributed by atoms with Gasteiger partial charge >= 0.3 is 0 Å². The number of hydrogen-bond donors (Lipinski definition) is 1. The fraction of sp³-hybridized carbons (Fsp3) is 0.227. The first kappa shape index (κ1) is 19.0. The maximum atomic E-state index is 9.47. The second-order valence-electron chi connectivity index (χ2n) is 7.76. The van der Waals surface area contributed by atoms with E-state index in [-0.39, 0.29) is 5.41 Å². The normalized spacial score (nSPS) is 11.4. The van der Waals surface area contributed by atoms with Crippen LogP contribution >= 0.6 is 11.3 Å². The highest BCUT2D eigenvalue weighted by molar-refractivity contribution is 7.16. The Kier molecular flexibility index (Phi) is 4.95. The minimum absolute atomic E-state index is 0.205. The number of aromatic nitrogens is 4. The highest BCUT2D eigenvalue weighted by atomic mass is 32.1. The van der Waals surface area contributed by atoms with Gasteiger partial charge in [-0.1, -0.05) is 56.4 Å². The molecule has 0 aliphatic rings. The van der Waals surface area contributed by atoms with Gasteiger partial charge in [0.25, 0.3) is 0 Å². The smallest absolute Gasteiger partial charge is 0.189 e. The van der Waals surface area contributed by atoms with E-state index < -0.39 is 0 Å². The van der Waals surface area contributed by atoms with Crippen molar-refractivity contribution in [3.8, 4) is 6.07 Å². The van der Waals surface area contributed by atoms with Gasteiger partial charge in [0.2, 0.25) is 0 Å². The lowest BCUT2D eigenvalue weighted by molar-refractivity contribution is 0.572. The van der Waals surface area contributed by atoms with Crippen molar-refractivity contribution in [2.45, 2.75) is 32.6 Å². The molecule has 0 aliphatic carbocycles. The summed E-state index contributed by atoms with van der Waals surface area (Å²) in [6.45, 7) is 6.15. The van der Waals surface area contributed by atoms with Crippen molar-refractivity contribution in [2.75, 3.05) is 5.32 Å². The number of fused-ring (bicyclic) bond motifs is 1. The first-order valence-corrected chi connectivity index (χ1v) is 10.1. The van der Waals surface area contributed by atoms with Gasteiger partial charge in [-0.3, -0.25) is 4.98 Å². The van der Waals surface area contributed by atoms with Crippen molar-refractivity contribution >= 4 is 33.1 Å². The molecule has 0 unspecified atom stereocenters. The third-order valence-corrected chi connectivity index (χ3v) is 5.42. The summed E-state index contributed by atoms with van der Waals surface area (Å²) in [7, 11) is 0. The van der Waals surface area contributed by atoms with Crippen LogP contribution in [0, 0.1) is 11.3 Å². The number of benzene rings is 1. The monoisotopic (exact) mass is 400 g/mol. The second-order valence-corrected chi connectivity index (χ2v) is 8.76. The Morgan fingerprint density at radius 1 is 1.03 bits per heavy atom. The van der Waals surface area contributed by atoms with E-state index in [4.69, 9.17) is 0 Å². The number of nitrogens with zero attached hydrogens (tertiary/aromatic N) is 5. The molecule has 29 heavy (non-hydrogen) atoms. The Hall–Kier alpha value is -3.37. The predicted octanol–water partition coefficient (Wildman–Crippen LogP) is 4.98. The summed E-state index contributed by atoms with van der Waals surface area (Å²) in [5.74, 6) is 0.637. The summed E-state index contributed by atoms with van der Waals surface area (Å²) in [5, 5.41) is 24.3. The molecule has 3 heterocycles. The average Bonchev–Trinajstić information content (AvgIpc) is 3.14. The number of pyridine rings is 1. The lowest BCUT2D eigenvalue weighted by Crippen LogP contribution is -2.13. The molecular formula is C22H20N6S. The van der Waals surface area contributed by atoms with Crippen LogP contribution in [0.2, 0.25) is 0 Å². The predicted molar refractivity (Wildman–Crippen MR) is 115 cm³/mol. The number of nitriles is 1. The van der Waals surface area contributed by atoms with Crippen LogP contribution in [0.25, 0.3) is 10.8 Å². The van der Waals surface area contributed by atoms with Gasteiger partial charge in [0.15, 0.2) is 10.9 Å². The molecule has 144 valence electrons. The maximum Gasteiger partial charge on any atom is 0.189 e. The zero-order chi connectivity index (χ0) is 20.4. The van der Waals surface area contributed by atoms with Crippen molar-refractivity contribution in [2.24, 2.45) is 0 Å². The summed E-state index contributed by atoms with van der Waals surface area (Å²) in [4.78, 5) is 9.34. The first-order valence-electron chi connectivity index (χ1n) is 9.27. The molecule has 0 bridgehead atoms. The largest absolute Gasteiger partial charge is 0.314 e. The van der Waals surface area contributed by atoms with Crippen molar-refractivity contribution in [3.05, 3.63) is 70.6 Å². The summed E-state index contributed by atoms with van der Waals surface area (Å²) in [5.41, 5.74) is 2.63. The van der Waals surface area contributed by atoms with E-state index in [0.717, 1.165) is 27.7 Å². The minimum atomic E-state index is -0.205. The van der Waals surface area contributed by atoms with Gasteiger partial charge in [0, 0.05) is 35.0 Å². The summed E-state index contributed by atoms with van der Waals surface area (Å²) in [6, 6.07) is 14.3. The molecule has 1 N–H and O–H groups in total. The van der Waals surface area contributed by atoms with E-state index in [1.54, 1.807) is 12.4 Å². The number of nitrogens with one attached hydrogen (secondary N) is 1. The lowest BCUT2D eigenvalue weighted by atomic mass is 9.91. The molecule has 7 heteroatoms. The second kappa shape index (κ2) is 7.57. The van der Waals surface area contributed by atoms with Crippen LogP contribution in [0.4, 0.5) is 10.9 Å². The molecule has 0 atom stereocenters. The molecular weight excluding hydrogens is 380 g/mol. The molecule has 0 aliphatic heterocycles. The minimum Gasteiger partial charge on any atom is -0.314 e. The Balaban J connectivity index is 1.72. The third kappa shape index (κ3) is 3.93. The van der Waals surface area contributed by atoms with E-state index in [2.05, 4.69) is 58.4 Å². The van der Waals surface area contributed by atoms with Gasteiger partial charge in [-0.05, 0) is 17.7 Å². The maximum absolute atomic E-state index is 9.47. The molecule has 4 rings (SSSR count). The van der Waals surface area contributed by atoms with Crippen LogP contribution in [0.1, 0.15) is 42.6 Å². The van der Waals surface area contributed by atoms with Gasteiger partial charge in [0.05, 0.1) is 11.4 Å². The fourth-order valence-corrected chi connectivity index (χ4v) is 4.11. The van der Waals surface area contributed by atoms with E-state index in [1.165, 1.54) is 11.3 Å². The molecule has 0 radical (unpaired) electrons. The average molecular weight is 401 g/mol. The van der Waals surface area contributed by atoms with Gasteiger partial charge in [0.1, 0.15) is 10.9 Å². The summed E-state index contributed by atoms with van der Waals surface area (Å²) >= 11 is 1.34. The molecule has 0 amide bonds. The Morgan fingerprint density at radius 3 is 2.41 bits per heavy atom. The van der Waals surface area contributed by atoms with E-state index >= 15 is 0 Å². The number of thiazole rings is 1. The van der Waals surface area contributed by atoms with Gasteiger partial charge in [-0.15, -0.1) is 5.10 Å². The summed E-state index contributed by atoms with van der Waals surface area (Å²) in [6.07, 6.45) is 4.24. The Labute approximate surface area is 173 Å². The van der Waals surface area contributed by atoms with Crippen LogP contribution in [0.3, 0.4) is 0 Å². The van der Waals surface area contributed by atoms with E-state index in [1.807, 2.05) is 30.3 Å². The van der Waals surface area contributed by atoms with Crippen LogP contribution in [0.5, 0.6) is 0 Å². The van der Waals surface area contributed by atoms with Crippen LogP contribution < -0.4 is 5.32 Å². The topological polar surface area (TPSA) is 87.4 Å². The molecule has 4 aromatic rings. The fourth-order valence-electron chi connectivity index (χ4n) is 3.14. The van der Waals surface area contributed by atoms with Gasteiger partial charge in [-0.2, -0.15) is 10.4 Å². The summed E-state index contributed by atoms with van der Waals surface area (Å²) < 4.78 is 0. The molecule has 0 spiro atoms. The number of hydrogen-bond acceptors (Lipinski definition) is 7. The van der Waals surface area contributed by atoms with Gasteiger partial charge < -0.3 is 5.32 Å². The van der Waals surface area contributed by atoms with Crippen LogP contribution in [-0.4, -0.2) is 20.2 Å². The molecule has 0 saturated carbocycles. The van der Waals surface area contributed by atoms with Crippen molar-refractivity contribution in [1.82, 2.24) is 20.2 Å². The molecule has 3 aromatic heterocycles. The zero-order valence-electron chi connectivity index (χ0n) is 16.5. The molecule has 0 fully saturated rings. The number of rotatable bonds is 4. The lowest BCUT2D eigenvalue weighted by Gasteiger charge is -2.15. The highest BCUT2D eigenvalue weighted by Crippen LogP contribution is 2.34. The Morgan fingerprint density at radius 2 is 1.76 bits per heavy atom.